The van der Waals surface area contributed by atoms with Crippen molar-refractivity contribution in [2.75, 3.05) is 6.61 Å². The Labute approximate surface area is 99.2 Å². The van der Waals surface area contributed by atoms with Crippen molar-refractivity contribution in [3.63, 3.8) is 0 Å². The normalized spacial score (nSPS) is 13.8. The van der Waals surface area contributed by atoms with Crippen molar-refractivity contribution < 1.29 is 14.6 Å². The number of ether oxygens (including phenoxy) is 1. The van der Waals surface area contributed by atoms with Crippen LogP contribution in [0.4, 0.5) is 0 Å². The molecule has 3 heteroatoms. The lowest BCUT2D eigenvalue weighted by Gasteiger charge is -2.19. The number of hydrogen-bond acceptors (Lipinski definition) is 2. The highest BCUT2D eigenvalue weighted by molar-refractivity contribution is 5.73. The maximum Gasteiger partial charge on any atom is 0.309 e. The summed E-state index contributed by atoms with van der Waals surface area (Å²) < 4.78 is 5.61. The first-order valence-corrected chi connectivity index (χ1v) is 6.25. The minimum absolute atomic E-state index is 0.331. The molecule has 0 rings (SSSR count). The van der Waals surface area contributed by atoms with Crippen molar-refractivity contribution in [3.8, 4) is 0 Å². The third kappa shape index (κ3) is 6.83. The first-order chi connectivity index (χ1) is 7.40. The standard InChI is InChI=1S/C13H26O3/c1-5-8-11(2)16-10-7-6-9-13(3,4)12(14)15/h11H,5-10H2,1-4H3,(H,14,15). The van der Waals surface area contributed by atoms with E-state index >= 15 is 0 Å². The van der Waals surface area contributed by atoms with Crippen LogP contribution in [-0.2, 0) is 9.53 Å². The molecule has 0 heterocycles. The second kappa shape index (κ2) is 7.66. The number of hydrogen-bond donors (Lipinski definition) is 1. The van der Waals surface area contributed by atoms with E-state index in [1.54, 1.807) is 13.8 Å². The zero-order chi connectivity index (χ0) is 12.6. The quantitative estimate of drug-likeness (QED) is 0.617. The smallest absolute Gasteiger partial charge is 0.309 e. The zero-order valence-electron chi connectivity index (χ0n) is 11.1. The molecule has 0 amide bonds. The van der Waals surface area contributed by atoms with Crippen LogP contribution in [0.5, 0.6) is 0 Å². The number of unbranched alkanes of at least 4 members (excludes halogenated alkanes) is 1. The fourth-order valence-corrected chi connectivity index (χ4v) is 1.55. The van der Waals surface area contributed by atoms with Gasteiger partial charge in [-0.05, 0) is 40.0 Å². The van der Waals surface area contributed by atoms with Gasteiger partial charge in [0.2, 0.25) is 0 Å². The Kier molecular flexibility index (Phi) is 7.39. The maximum atomic E-state index is 10.8. The zero-order valence-corrected chi connectivity index (χ0v) is 11.1. The molecule has 3 nitrogen and oxygen atoms in total. The van der Waals surface area contributed by atoms with Crippen LogP contribution in [-0.4, -0.2) is 23.8 Å². The van der Waals surface area contributed by atoms with Gasteiger partial charge < -0.3 is 9.84 Å². The van der Waals surface area contributed by atoms with Crippen LogP contribution in [0.15, 0.2) is 0 Å². The first kappa shape index (κ1) is 15.4. The molecular weight excluding hydrogens is 204 g/mol. The molecule has 1 unspecified atom stereocenters. The molecule has 1 atom stereocenters. The highest BCUT2D eigenvalue weighted by Crippen LogP contribution is 2.23. The fourth-order valence-electron chi connectivity index (χ4n) is 1.55. The molecule has 1 N–H and O–H groups in total. The van der Waals surface area contributed by atoms with Crippen molar-refractivity contribution in [3.05, 3.63) is 0 Å². The third-order valence-corrected chi connectivity index (χ3v) is 2.87. The minimum atomic E-state index is -0.715. The second-order valence-electron chi connectivity index (χ2n) is 5.12. The molecule has 0 spiro atoms. The van der Waals surface area contributed by atoms with Gasteiger partial charge in [0, 0.05) is 6.61 Å². The van der Waals surface area contributed by atoms with Crippen LogP contribution in [0, 0.1) is 5.41 Å². The molecule has 0 fully saturated rings. The van der Waals surface area contributed by atoms with E-state index in [-0.39, 0.29) is 0 Å². The first-order valence-electron chi connectivity index (χ1n) is 6.25. The van der Waals surface area contributed by atoms with Gasteiger partial charge in [0.05, 0.1) is 11.5 Å². The highest BCUT2D eigenvalue weighted by Gasteiger charge is 2.25. The lowest BCUT2D eigenvalue weighted by Crippen LogP contribution is -2.23. The van der Waals surface area contributed by atoms with Crippen LogP contribution in [0.1, 0.15) is 59.8 Å². The van der Waals surface area contributed by atoms with Gasteiger partial charge in [0.25, 0.3) is 0 Å². The molecule has 16 heavy (non-hydrogen) atoms. The van der Waals surface area contributed by atoms with Gasteiger partial charge in [-0.2, -0.15) is 0 Å². The Bertz CT molecular complexity index is 199. The summed E-state index contributed by atoms with van der Waals surface area (Å²) in [5.74, 6) is -0.715. The number of rotatable bonds is 9. The van der Waals surface area contributed by atoms with E-state index in [1.807, 2.05) is 0 Å². The van der Waals surface area contributed by atoms with Crippen molar-refractivity contribution in [2.45, 2.75) is 65.9 Å². The third-order valence-electron chi connectivity index (χ3n) is 2.87. The fraction of sp³-hybridized carbons (Fsp3) is 0.923. The number of carbonyl (C=O) groups is 1. The lowest BCUT2D eigenvalue weighted by molar-refractivity contribution is -0.147. The van der Waals surface area contributed by atoms with E-state index in [1.165, 1.54) is 0 Å². The summed E-state index contributed by atoms with van der Waals surface area (Å²) >= 11 is 0. The van der Waals surface area contributed by atoms with Crippen molar-refractivity contribution in [1.29, 1.82) is 0 Å². The van der Waals surface area contributed by atoms with E-state index < -0.39 is 11.4 Å². The predicted octanol–water partition coefficient (Wildman–Crippen LogP) is 3.47. The number of carboxylic acid groups (broad SMARTS) is 1. The summed E-state index contributed by atoms with van der Waals surface area (Å²) in [4.78, 5) is 10.8. The Morgan fingerprint density at radius 2 is 2.00 bits per heavy atom. The van der Waals surface area contributed by atoms with Gasteiger partial charge >= 0.3 is 5.97 Å². The number of aliphatic carboxylic acids is 1. The van der Waals surface area contributed by atoms with Gasteiger partial charge in [-0.3, -0.25) is 4.79 Å². The highest BCUT2D eigenvalue weighted by atomic mass is 16.5. The van der Waals surface area contributed by atoms with E-state index in [0.717, 1.165) is 32.3 Å². The molecule has 0 aromatic rings. The van der Waals surface area contributed by atoms with Gasteiger partial charge in [-0.25, -0.2) is 0 Å². The van der Waals surface area contributed by atoms with Crippen LogP contribution in [0.3, 0.4) is 0 Å². The van der Waals surface area contributed by atoms with Gasteiger partial charge in [0.1, 0.15) is 0 Å². The number of carboxylic acids is 1. The molecular formula is C13H26O3. The summed E-state index contributed by atoms with van der Waals surface area (Å²) in [7, 11) is 0. The van der Waals surface area contributed by atoms with Gasteiger partial charge in [0.15, 0.2) is 0 Å². The summed E-state index contributed by atoms with van der Waals surface area (Å²) in [5.41, 5.74) is -0.602. The molecule has 96 valence electrons. The Morgan fingerprint density at radius 3 is 2.50 bits per heavy atom. The largest absolute Gasteiger partial charge is 0.481 e. The molecule has 0 aromatic heterocycles. The Morgan fingerprint density at radius 1 is 1.38 bits per heavy atom. The van der Waals surface area contributed by atoms with E-state index in [0.29, 0.717) is 12.5 Å². The van der Waals surface area contributed by atoms with Gasteiger partial charge in [-0.1, -0.05) is 19.8 Å². The average Bonchev–Trinajstić information content (AvgIpc) is 2.17. The lowest BCUT2D eigenvalue weighted by atomic mass is 9.87. The summed E-state index contributed by atoms with van der Waals surface area (Å²) in [5, 5.41) is 8.92. The van der Waals surface area contributed by atoms with Crippen molar-refractivity contribution >= 4 is 5.97 Å². The van der Waals surface area contributed by atoms with Gasteiger partial charge in [-0.15, -0.1) is 0 Å². The van der Waals surface area contributed by atoms with Crippen molar-refractivity contribution in [1.82, 2.24) is 0 Å². The molecule has 0 bridgehead atoms. The monoisotopic (exact) mass is 230 g/mol. The van der Waals surface area contributed by atoms with Crippen LogP contribution < -0.4 is 0 Å². The Hall–Kier alpha value is -0.570. The topological polar surface area (TPSA) is 46.5 Å². The van der Waals surface area contributed by atoms with Crippen LogP contribution in [0.2, 0.25) is 0 Å². The molecule has 0 saturated heterocycles. The summed E-state index contributed by atoms with van der Waals surface area (Å²) in [6.07, 6.45) is 5.16. The van der Waals surface area contributed by atoms with Crippen LogP contribution in [0.25, 0.3) is 0 Å². The average molecular weight is 230 g/mol. The molecule has 0 radical (unpaired) electrons. The molecule has 0 aliphatic heterocycles. The van der Waals surface area contributed by atoms with Crippen LogP contribution >= 0.6 is 0 Å². The van der Waals surface area contributed by atoms with E-state index in [4.69, 9.17) is 9.84 Å². The molecule has 0 saturated carbocycles. The van der Waals surface area contributed by atoms with Crippen molar-refractivity contribution in [2.24, 2.45) is 5.41 Å². The summed E-state index contributed by atoms with van der Waals surface area (Å²) in [6.45, 7) is 8.53. The second-order valence-corrected chi connectivity index (χ2v) is 5.12. The molecule has 0 aliphatic rings. The Balaban J connectivity index is 3.50. The maximum absolute atomic E-state index is 10.8. The molecule has 0 aromatic carbocycles. The minimum Gasteiger partial charge on any atom is -0.481 e. The van der Waals surface area contributed by atoms with E-state index in [2.05, 4.69) is 13.8 Å². The predicted molar refractivity (Wildman–Crippen MR) is 65.6 cm³/mol. The summed E-state index contributed by atoms with van der Waals surface area (Å²) in [6, 6.07) is 0. The molecule has 0 aliphatic carbocycles. The SMILES string of the molecule is CCCC(C)OCCCCC(C)(C)C(=O)O. The van der Waals surface area contributed by atoms with E-state index in [9.17, 15) is 4.79 Å².